The number of anilines is 1. The van der Waals surface area contributed by atoms with E-state index in [9.17, 15) is 4.39 Å². The van der Waals surface area contributed by atoms with Gasteiger partial charge in [-0.2, -0.15) is 0 Å². The molecule has 94 valence electrons. The van der Waals surface area contributed by atoms with Crippen LogP contribution in [0.1, 0.15) is 18.5 Å². The van der Waals surface area contributed by atoms with Crippen LogP contribution in [0.4, 0.5) is 10.1 Å². The molecule has 0 amide bonds. The molecule has 0 saturated heterocycles. The zero-order valence-electron chi connectivity index (χ0n) is 10.2. The van der Waals surface area contributed by atoms with Gasteiger partial charge in [0.05, 0.1) is 31.2 Å². The van der Waals surface area contributed by atoms with Gasteiger partial charge < -0.3 is 10.1 Å². The summed E-state index contributed by atoms with van der Waals surface area (Å²) in [5.74, 6) is 0.217. The summed E-state index contributed by atoms with van der Waals surface area (Å²) in [5, 5.41) is 3.21. The second-order valence-corrected chi connectivity index (χ2v) is 3.89. The lowest BCUT2D eigenvalue weighted by Gasteiger charge is -2.15. The van der Waals surface area contributed by atoms with Crippen molar-refractivity contribution in [2.24, 2.45) is 0 Å². The van der Waals surface area contributed by atoms with Crippen molar-refractivity contribution in [2.45, 2.75) is 13.0 Å². The summed E-state index contributed by atoms with van der Waals surface area (Å²) in [5.41, 5.74) is 1.62. The Morgan fingerprint density at radius 3 is 2.72 bits per heavy atom. The highest BCUT2D eigenvalue weighted by Gasteiger charge is 2.07. The highest BCUT2D eigenvalue weighted by Crippen LogP contribution is 2.19. The van der Waals surface area contributed by atoms with E-state index in [1.807, 2.05) is 13.0 Å². The van der Waals surface area contributed by atoms with Crippen molar-refractivity contribution in [3.8, 4) is 5.88 Å². The number of methoxy groups -OCH3 is 1. The topological polar surface area (TPSA) is 47.0 Å². The number of rotatable bonds is 4. The molecular weight excluding hydrogens is 233 g/mol. The Bertz CT molecular complexity index is 516. The van der Waals surface area contributed by atoms with E-state index in [2.05, 4.69) is 15.3 Å². The van der Waals surface area contributed by atoms with Crippen molar-refractivity contribution in [1.29, 1.82) is 0 Å². The van der Waals surface area contributed by atoms with E-state index in [4.69, 9.17) is 4.74 Å². The molecule has 0 radical (unpaired) electrons. The average molecular weight is 247 g/mol. The van der Waals surface area contributed by atoms with Gasteiger partial charge in [0.1, 0.15) is 5.82 Å². The molecule has 1 atom stereocenters. The van der Waals surface area contributed by atoms with Gasteiger partial charge in [0, 0.05) is 12.3 Å². The second kappa shape index (κ2) is 5.44. The molecule has 0 aliphatic rings. The first-order valence-corrected chi connectivity index (χ1v) is 5.56. The van der Waals surface area contributed by atoms with Crippen molar-refractivity contribution in [2.75, 3.05) is 12.4 Å². The SMILES string of the molecule is COc1ccc(NC(C)c2cncc(F)c2)cn1. The molecule has 0 spiro atoms. The zero-order valence-corrected chi connectivity index (χ0v) is 10.2. The predicted molar refractivity (Wildman–Crippen MR) is 67.0 cm³/mol. The molecule has 0 saturated carbocycles. The summed E-state index contributed by atoms with van der Waals surface area (Å²) in [4.78, 5) is 7.91. The number of hydrogen-bond donors (Lipinski definition) is 1. The highest BCUT2D eigenvalue weighted by molar-refractivity contribution is 5.44. The summed E-state index contributed by atoms with van der Waals surface area (Å²) < 4.78 is 18.0. The number of nitrogens with one attached hydrogen (secondary N) is 1. The lowest BCUT2D eigenvalue weighted by atomic mass is 10.1. The van der Waals surface area contributed by atoms with Crippen molar-refractivity contribution in [1.82, 2.24) is 9.97 Å². The van der Waals surface area contributed by atoms with Gasteiger partial charge in [-0.15, -0.1) is 0 Å². The first-order chi connectivity index (χ1) is 8.69. The minimum atomic E-state index is -0.339. The summed E-state index contributed by atoms with van der Waals surface area (Å²) in [6.45, 7) is 1.93. The van der Waals surface area contributed by atoms with Crippen molar-refractivity contribution in [3.63, 3.8) is 0 Å². The fourth-order valence-corrected chi connectivity index (χ4v) is 1.58. The van der Waals surface area contributed by atoms with Crippen LogP contribution in [-0.4, -0.2) is 17.1 Å². The van der Waals surface area contributed by atoms with Gasteiger partial charge in [0.2, 0.25) is 5.88 Å². The fourth-order valence-electron chi connectivity index (χ4n) is 1.58. The van der Waals surface area contributed by atoms with Gasteiger partial charge in [-0.05, 0) is 24.6 Å². The van der Waals surface area contributed by atoms with E-state index < -0.39 is 0 Å². The van der Waals surface area contributed by atoms with E-state index in [0.29, 0.717) is 5.88 Å². The molecule has 2 rings (SSSR count). The smallest absolute Gasteiger partial charge is 0.213 e. The molecule has 0 bridgehead atoms. The first kappa shape index (κ1) is 12.3. The van der Waals surface area contributed by atoms with Crippen LogP contribution in [0.5, 0.6) is 5.88 Å². The molecule has 0 aliphatic carbocycles. The average Bonchev–Trinajstić information content (AvgIpc) is 2.39. The molecule has 1 N–H and O–H groups in total. The molecule has 5 heteroatoms. The quantitative estimate of drug-likeness (QED) is 0.902. The number of halogens is 1. The van der Waals surface area contributed by atoms with Gasteiger partial charge >= 0.3 is 0 Å². The van der Waals surface area contributed by atoms with E-state index in [1.54, 1.807) is 25.6 Å². The van der Waals surface area contributed by atoms with Gasteiger partial charge in [-0.1, -0.05) is 0 Å². The predicted octanol–water partition coefficient (Wildman–Crippen LogP) is 2.80. The molecule has 0 aromatic carbocycles. The standard InChI is InChI=1S/C13H14FN3O/c1-9(10-5-11(14)7-15-6-10)17-12-3-4-13(18-2)16-8-12/h3-9,17H,1-2H3. The van der Waals surface area contributed by atoms with E-state index in [1.165, 1.54) is 12.3 Å². The number of nitrogens with zero attached hydrogens (tertiary/aromatic N) is 2. The minimum absolute atomic E-state index is 0.0524. The largest absolute Gasteiger partial charge is 0.481 e. The Labute approximate surface area is 105 Å². The zero-order chi connectivity index (χ0) is 13.0. The third-order valence-corrected chi connectivity index (χ3v) is 2.55. The second-order valence-electron chi connectivity index (χ2n) is 3.89. The molecular formula is C13H14FN3O. The van der Waals surface area contributed by atoms with Crippen LogP contribution in [0.15, 0.2) is 36.8 Å². The molecule has 2 heterocycles. The molecule has 1 unspecified atom stereocenters. The molecule has 0 aliphatic heterocycles. The maximum atomic E-state index is 13.0. The van der Waals surface area contributed by atoms with E-state index in [0.717, 1.165) is 11.3 Å². The summed E-state index contributed by atoms with van der Waals surface area (Å²) in [6, 6.07) is 5.03. The van der Waals surface area contributed by atoms with E-state index in [-0.39, 0.29) is 11.9 Å². The molecule has 0 fully saturated rings. The van der Waals surface area contributed by atoms with Gasteiger partial charge in [0.15, 0.2) is 0 Å². The first-order valence-electron chi connectivity index (χ1n) is 5.56. The third kappa shape index (κ3) is 2.94. The van der Waals surface area contributed by atoms with Crippen LogP contribution in [-0.2, 0) is 0 Å². The Balaban J connectivity index is 2.08. The lowest BCUT2D eigenvalue weighted by molar-refractivity contribution is 0.398. The summed E-state index contributed by atoms with van der Waals surface area (Å²) >= 11 is 0. The van der Waals surface area contributed by atoms with Crippen LogP contribution in [0.2, 0.25) is 0 Å². The summed E-state index contributed by atoms with van der Waals surface area (Å²) in [6.07, 6.45) is 4.49. The molecule has 2 aromatic rings. The maximum absolute atomic E-state index is 13.0. The van der Waals surface area contributed by atoms with Crippen molar-refractivity contribution in [3.05, 3.63) is 48.2 Å². The number of hydrogen-bond acceptors (Lipinski definition) is 4. The Hall–Kier alpha value is -2.17. The molecule has 2 aromatic heterocycles. The summed E-state index contributed by atoms with van der Waals surface area (Å²) in [7, 11) is 1.57. The Morgan fingerprint density at radius 2 is 2.11 bits per heavy atom. The van der Waals surface area contributed by atoms with Crippen LogP contribution >= 0.6 is 0 Å². The molecule has 4 nitrogen and oxygen atoms in total. The maximum Gasteiger partial charge on any atom is 0.213 e. The number of ether oxygens (including phenoxy) is 1. The third-order valence-electron chi connectivity index (χ3n) is 2.55. The number of aromatic nitrogens is 2. The van der Waals surface area contributed by atoms with Gasteiger partial charge in [-0.25, -0.2) is 9.37 Å². The minimum Gasteiger partial charge on any atom is -0.481 e. The Kier molecular flexibility index (Phi) is 3.72. The van der Waals surface area contributed by atoms with Gasteiger partial charge in [0.25, 0.3) is 0 Å². The van der Waals surface area contributed by atoms with Crippen molar-refractivity contribution >= 4 is 5.69 Å². The van der Waals surface area contributed by atoms with Crippen LogP contribution in [0.3, 0.4) is 0 Å². The van der Waals surface area contributed by atoms with E-state index >= 15 is 0 Å². The highest BCUT2D eigenvalue weighted by atomic mass is 19.1. The number of pyridine rings is 2. The van der Waals surface area contributed by atoms with Gasteiger partial charge in [-0.3, -0.25) is 4.98 Å². The van der Waals surface area contributed by atoms with Crippen LogP contribution < -0.4 is 10.1 Å². The normalized spacial score (nSPS) is 11.9. The Morgan fingerprint density at radius 1 is 1.28 bits per heavy atom. The molecule has 18 heavy (non-hydrogen) atoms. The van der Waals surface area contributed by atoms with Crippen molar-refractivity contribution < 1.29 is 9.13 Å². The fraction of sp³-hybridized carbons (Fsp3) is 0.231. The monoisotopic (exact) mass is 247 g/mol. The lowest BCUT2D eigenvalue weighted by Crippen LogP contribution is -2.07. The van der Waals surface area contributed by atoms with Crippen LogP contribution in [0, 0.1) is 5.82 Å². The van der Waals surface area contributed by atoms with Crippen LogP contribution in [0.25, 0.3) is 0 Å².